The number of rotatable bonds is 5. The number of carbonyl (C=O) groups excluding carboxylic acids is 1. The zero-order chi connectivity index (χ0) is 20.4. The number of aryl methyl sites for hydroxylation is 2. The number of thiophene rings is 1. The van der Waals surface area contributed by atoms with Crippen LogP contribution in [0.3, 0.4) is 0 Å². The lowest BCUT2D eigenvalue weighted by molar-refractivity contribution is -0.132. The van der Waals surface area contributed by atoms with Gasteiger partial charge in [0.05, 0.1) is 5.25 Å². The van der Waals surface area contributed by atoms with Crippen molar-refractivity contribution in [2.24, 2.45) is 0 Å². The summed E-state index contributed by atoms with van der Waals surface area (Å²) in [6.45, 7) is 10.6. The molecule has 5 nitrogen and oxygen atoms in total. The van der Waals surface area contributed by atoms with Gasteiger partial charge in [-0.3, -0.25) is 9.69 Å². The Hall–Kier alpha value is -1.96. The molecule has 1 atom stereocenters. The smallest absolute Gasteiger partial charge is 0.235 e. The first kappa shape index (κ1) is 20.3. The van der Waals surface area contributed by atoms with Gasteiger partial charge in [-0.05, 0) is 31.9 Å². The van der Waals surface area contributed by atoms with Crippen LogP contribution in [-0.2, 0) is 11.3 Å². The van der Waals surface area contributed by atoms with Crippen molar-refractivity contribution >= 4 is 39.2 Å². The number of nitrogens with zero attached hydrogens (tertiary/aromatic N) is 4. The summed E-state index contributed by atoms with van der Waals surface area (Å²) in [6, 6.07) is 10.5. The van der Waals surface area contributed by atoms with Crippen LogP contribution in [0, 0.1) is 13.8 Å². The molecule has 1 amide bonds. The van der Waals surface area contributed by atoms with E-state index in [1.165, 1.54) is 16.0 Å². The number of hydrogen-bond donors (Lipinski definition) is 0. The van der Waals surface area contributed by atoms with Crippen molar-refractivity contribution in [1.29, 1.82) is 0 Å². The molecule has 4 rings (SSSR count). The van der Waals surface area contributed by atoms with Gasteiger partial charge in [-0.15, -0.1) is 11.3 Å². The Labute approximate surface area is 180 Å². The number of benzene rings is 1. The summed E-state index contributed by atoms with van der Waals surface area (Å²) in [4.78, 5) is 28.6. The molecule has 3 heterocycles. The molecular weight excluding hydrogens is 400 g/mol. The SMILES string of the molecule is Cc1sc2ncnc(S[C@H](C)C(=O)N3CCN(Cc4ccccc4)CC3)c2c1C. The van der Waals surface area contributed by atoms with E-state index in [1.54, 1.807) is 29.4 Å². The van der Waals surface area contributed by atoms with E-state index in [-0.39, 0.29) is 11.2 Å². The molecule has 0 aliphatic carbocycles. The molecule has 0 bridgehead atoms. The molecule has 7 heteroatoms. The molecule has 1 fully saturated rings. The number of piperazine rings is 1. The molecule has 0 N–H and O–H groups in total. The van der Waals surface area contributed by atoms with Crippen LogP contribution in [0.1, 0.15) is 22.9 Å². The summed E-state index contributed by atoms with van der Waals surface area (Å²) in [5.41, 5.74) is 2.55. The Bertz CT molecular complexity index is 997. The van der Waals surface area contributed by atoms with Gasteiger partial charge >= 0.3 is 0 Å². The van der Waals surface area contributed by atoms with Gasteiger partial charge in [0.15, 0.2) is 0 Å². The van der Waals surface area contributed by atoms with Gasteiger partial charge < -0.3 is 4.90 Å². The number of thioether (sulfide) groups is 1. The largest absolute Gasteiger partial charge is 0.339 e. The van der Waals surface area contributed by atoms with E-state index in [0.717, 1.165) is 48.0 Å². The molecule has 2 aromatic heterocycles. The van der Waals surface area contributed by atoms with Crippen molar-refractivity contribution < 1.29 is 4.79 Å². The maximum absolute atomic E-state index is 13.0. The van der Waals surface area contributed by atoms with Crippen molar-refractivity contribution in [1.82, 2.24) is 19.8 Å². The fourth-order valence-electron chi connectivity index (χ4n) is 3.68. The minimum atomic E-state index is -0.159. The van der Waals surface area contributed by atoms with Gasteiger partial charge in [0.25, 0.3) is 0 Å². The third kappa shape index (κ3) is 4.47. The van der Waals surface area contributed by atoms with E-state index >= 15 is 0 Å². The van der Waals surface area contributed by atoms with E-state index < -0.39 is 0 Å². The van der Waals surface area contributed by atoms with Crippen molar-refractivity contribution in [3.8, 4) is 0 Å². The summed E-state index contributed by atoms with van der Waals surface area (Å²) in [5.74, 6) is 0.200. The molecule has 29 heavy (non-hydrogen) atoms. The molecule has 1 aromatic carbocycles. The second kappa shape index (κ2) is 8.81. The molecule has 152 valence electrons. The fraction of sp³-hybridized carbons (Fsp3) is 0.409. The minimum absolute atomic E-state index is 0.159. The molecule has 3 aromatic rings. The monoisotopic (exact) mass is 426 g/mol. The molecular formula is C22H26N4OS2. The summed E-state index contributed by atoms with van der Waals surface area (Å²) in [6.07, 6.45) is 1.61. The Balaban J connectivity index is 1.37. The average molecular weight is 427 g/mol. The zero-order valence-electron chi connectivity index (χ0n) is 17.1. The first-order valence-corrected chi connectivity index (χ1v) is 11.6. The van der Waals surface area contributed by atoms with Crippen molar-refractivity contribution in [3.05, 3.63) is 52.7 Å². The highest BCUT2D eigenvalue weighted by atomic mass is 32.2. The highest BCUT2D eigenvalue weighted by Crippen LogP contribution is 2.36. The summed E-state index contributed by atoms with van der Waals surface area (Å²) in [5, 5.41) is 1.86. The van der Waals surface area contributed by atoms with Crippen LogP contribution in [0.25, 0.3) is 10.2 Å². The highest BCUT2D eigenvalue weighted by Gasteiger charge is 2.26. The predicted octanol–water partition coefficient (Wildman–Crippen LogP) is 4.13. The van der Waals surface area contributed by atoms with Gasteiger partial charge in [0.2, 0.25) is 5.91 Å². The van der Waals surface area contributed by atoms with Crippen molar-refractivity contribution in [2.75, 3.05) is 26.2 Å². The Morgan fingerprint density at radius 3 is 2.59 bits per heavy atom. The van der Waals surface area contributed by atoms with Crippen LogP contribution in [-0.4, -0.2) is 57.1 Å². The molecule has 0 radical (unpaired) electrons. The van der Waals surface area contributed by atoms with E-state index in [4.69, 9.17) is 0 Å². The lowest BCUT2D eigenvalue weighted by Crippen LogP contribution is -2.50. The fourth-order valence-corrected chi connectivity index (χ4v) is 5.80. The second-order valence-electron chi connectivity index (χ2n) is 7.49. The first-order chi connectivity index (χ1) is 14.0. The van der Waals surface area contributed by atoms with Crippen LogP contribution >= 0.6 is 23.1 Å². The molecule has 0 saturated carbocycles. The molecule has 0 unspecified atom stereocenters. The number of carbonyl (C=O) groups is 1. The average Bonchev–Trinajstić information content (AvgIpc) is 3.03. The molecule has 1 saturated heterocycles. The quantitative estimate of drug-likeness (QED) is 0.453. The highest BCUT2D eigenvalue weighted by molar-refractivity contribution is 8.00. The van der Waals surface area contributed by atoms with Crippen LogP contribution < -0.4 is 0 Å². The Morgan fingerprint density at radius 1 is 1.14 bits per heavy atom. The third-order valence-corrected chi connectivity index (χ3v) is 7.70. The summed E-state index contributed by atoms with van der Waals surface area (Å²) in [7, 11) is 0. The lowest BCUT2D eigenvalue weighted by atomic mass is 10.2. The topological polar surface area (TPSA) is 49.3 Å². The van der Waals surface area contributed by atoms with E-state index in [0.29, 0.717) is 0 Å². The summed E-state index contributed by atoms with van der Waals surface area (Å²) < 4.78 is 0. The van der Waals surface area contributed by atoms with Gasteiger partial charge in [0, 0.05) is 43.0 Å². The number of aromatic nitrogens is 2. The maximum Gasteiger partial charge on any atom is 0.235 e. The number of amides is 1. The maximum atomic E-state index is 13.0. The van der Waals surface area contributed by atoms with E-state index in [1.807, 2.05) is 17.9 Å². The predicted molar refractivity (Wildman–Crippen MR) is 121 cm³/mol. The molecule has 0 spiro atoms. The normalized spacial score (nSPS) is 16.3. The summed E-state index contributed by atoms with van der Waals surface area (Å²) >= 11 is 3.25. The second-order valence-corrected chi connectivity index (χ2v) is 10.0. The molecule has 1 aliphatic rings. The van der Waals surface area contributed by atoms with E-state index in [2.05, 4.69) is 53.0 Å². The van der Waals surface area contributed by atoms with Crippen LogP contribution in [0.15, 0.2) is 41.7 Å². The van der Waals surface area contributed by atoms with Gasteiger partial charge in [-0.1, -0.05) is 42.1 Å². The van der Waals surface area contributed by atoms with Gasteiger partial charge in [0.1, 0.15) is 16.2 Å². The van der Waals surface area contributed by atoms with Gasteiger partial charge in [-0.25, -0.2) is 9.97 Å². The Kier molecular flexibility index (Phi) is 6.18. The zero-order valence-corrected chi connectivity index (χ0v) is 18.7. The van der Waals surface area contributed by atoms with Crippen LogP contribution in [0.4, 0.5) is 0 Å². The number of fused-ring (bicyclic) bond motifs is 1. The van der Waals surface area contributed by atoms with Crippen LogP contribution in [0.5, 0.6) is 0 Å². The van der Waals surface area contributed by atoms with Crippen molar-refractivity contribution in [2.45, 2.75) is 37.6 Å². The first-order valence-electron chi connectivity index (χ1n) is 9.95. The standard InChI is InChI=1S/C22H26N4OS2/c1-15-16(2)28-20-19(15)21(24-14-23-20)29-17(3)22(27)26-11-9-25(10-12-26)13-18-7-5-4-6-8-18/h4-8,14,17H,9-13H2,1-3H3/t17-/m1/s1. The third-order valence-electron chi connectivity index (χ3n) is 5.50. The van der Waals surface area contributed by atoms with Crippen molar-refractivity contribution in [3.63, 3.8) is 0 Å². The van der Waals surface area contributed by atoms with E-state index in [9.17, 15) is 4.79 Å². The van der Waals surface area contributed by atoms with Gasteiger partial charge in [-0.2, -0.15) is 0 Å². The minimum Gasteiger partial charge on any atom is -0.339 e. The Morgan fingerprint density at radius 2 is 1.86 bits per heavy atom. The van der Waals surface area contributed by atoms with Crippen LogP contribution in [0.2, 0.25) is 0 Å². The number of hydrogen-bond acceptors (Lipinski definition) is 6. The molecule has 1 aliphatic heterocycles. The lowest BCUT2D eigenvalue weighted by Gasteiger charge is -2.35.